The minimum atomic E-state index is -0.211. The van der Waals surface area contributed by atoms with Crippen molar-refractivity contribution in [1.29, 1.82) is 0 Å². The third-order valence-corrected chi connectivity index (χ3v) is 6.33. The molecular weight excluding hydrogens is 374 g/mol. The van der Waals surface area contributed by atoms with Crippen LogP contribution in [0.25, 0.3) is 5.69 Å². The lowest BCUT2D eigenvalue weighted by molar-refractivity contribution is 0.0693. The average Bonchev–Trinajstić information content (AvgIpc) is 3.28. The molecule has 1 fully saturated rings. The quantitative estimate of drug-likeness (QED) is 0.734. The second-order valence-electron chi connectivity index (χ2n) is 7.27. The van der Waals surface area contributed by atoms with Gasteiger partial charge in [0.15, 0.2) is 0 Å². The van der Waals surface area contributed by atoms with Crippen molar-refractivity contribution in [2.45, 2.75) is 33.1 Å². The molecular formula is C20H23N5O2S. The molecule has 2 aromatic heterocycles. The molecule has 0 radical (unpaired) electrons. The Labute approximate surface area is 167 Å². The molecule has 3 heterocycles. The smallest absolute Gasteiger partial charge is 0.338 e. The zero-order valence-electron chi connectivity index (χ0n) is 16.0. The summed E-state index contributed by atoms with van der Waals surface area (Å²) in [6.45, 7) is 5.31. The van der Waals surface area contributed by atoms with Gasteiger partial charge in [0.25, 0.3) is 5.91 Å². The van der Waals surface area contributed by atoms with Gasteiger partial charge in [-0.2, -0.15) is 5.10 Å². The van der Waals surface area contributed by atoms with E-state index in [0.29, 0.717) is 12.3 Å². The highest BCUT2D eigenvalue weighted by Crippen LogP contribution is 2.24. The lowest BCUT2D eigenvalue weighted by Gasteiger charge is -2.31. The fourth-order valence-electron chi connectivity index (χ4n) is 3.78. The Kier molecular flexibility index (Phi) is 5.13. The van der Waals surface area contributed by atoms with Crippen molar-refractivity contribution >= 4 is 17.2 Å². The highest BCUT2D eigenvalue weighted by atomic mass is 32.1. The first-order valence-electron chi connectivity index (χ1n) is 9.46. The summed E-state index contributed by atoms with van der Waals surface area (Å²) in [5, 5.41) is 6.86. The fourth-order valence-corrected chi connectivity index (χ4v) is 4.55. The maximum atomic E-state index is 12.7. The number of nitrogens with one attached hydrogen (secondary N) is 1. The number of carbonyl (C=O) groups is 1. The Hall–Kier alpha value is -2.74. The molecule has 7 nitrogen and oxygen atoms in total. The lowest BCUT2D eigenvalue weighted by Crippen LogP contribution is -2.39. The summed E-state index contributed by atoms with van der Waals surface area (Å²) in [6.07, 6.45) is 2.52. The van der Waals surface area contributed by atoms with E-state index in [0.717, 1.165) is 53.6 Å². The highest BCUT2D eigenvalue weighted by molar-refractivity contribution is 7.11. The van der Waals surface area contributed by atoms with Gasteiger partial charge in [0.2, 0.25) is 0 Å². The Bertz CT molecular complexity index is 1040. The number of rotatable bonds is 4. The zero-order chi connectivity index (χ0) is 19.7. The molecule has 1 N–H and O–H groups in total. The largest absolute Gasteiger partial charge is 0.347 e. The van der Waals surface area contributed by atoms with E-state index in [1.54, 1.807) is 10.1 Å². The molecule has 1 aliphatic heterocycles. The van der Waals surface area contributed by atoms with Crippen molar-refractivity contribution in [3.63, 3.8) is 0 Å². The third-order valence-electron chi connectivity index (χ3n) is 5.41. The number of carbonyl (C=O) groups excluding carboxylic acids is 1. The maximum absolute atomic E-state index is 12.7. The molecule has 1 aromatic carbocycles. The maximum Gasteiger partial charge on any atom is 0.347 e. The van der Waals surface area contributed by atoms with Crippen LogP contribution in [-0.2, 0) is 6.42 Å². The number of nitrogens with zero attached hydrogens (tertiary/aromatic N) is 4. The van der Waals surface area contributed by atoms with E-state index in [4.69, 9.17) is 0 Å². The topological polar surface area (TPSA) is 83.9 Å². The van der Waals surface area contributed by atoms with Gasteiger partial charge in [-0.3, -0.25) is 4.79 Å². The van der Waals surface area contributed by atoms with Gasteiger partial charge in [0, 0.05) is 19.5 Å². The summed E-state index contributed by atoms with van der Waals surface area (Å²) >= 11 is 1.40. The normalized spacial score (nSPS) is 15.1. The Morgan fingerprint density at radius 1 is 1.25 bits per heavy atom. The Balaban J connectivity index is 1.45. The van der Waals surface area contributed by atoms with Gasteiger partial charge < -0.3 is 4.90 Å². The molecule has 0 spiro atoms. The van der Waals surface area contributed by atoms with E-state index in [2.05, 4.69) is 15.2 Å². The van der Waals surface area contributed by atoms with Crippen molar-refractivity contribution in [3.05, 3.63) is 62.2 Å². The van der Waals surface area contributed by atoms with Gasteiger partial charge in [-0.25, -0.2) is 19.4 Å². The number of amides is 1. The Morgan fingerprint density at radius 3 is 2.68 bits per heavy atom. The molecule has 28 heavy (non-hydrogen) atoms. The van der Waals surface area contributed by atoms with Crippen molar-refractivity contribution in [2.24, 2.45) is 5.92 Å². The second kappa shape index (κ2) is 7.71. The number of likely N-dealkylation sites (tertiary alicyclic amines) is 1. The predicted molar refractivity (Wildman–Crippen MR) is 108 cm³/mol. The van der Waals surface area contributed by atoms with E-state index in [1.165, 1.54) is 11.3 Å². The van der Waals surface area contributed by atoms with Gasteiger partial charge in [-0.05, 0) is 44.2 Å². The van der Waals surface area contributed by atoms with Crippen LogP contribution in [-0.4, -0.2) is 43.6 Å². The SMILES string of the molecule is Cc1ccccc1-n1c(CC2CCN(C(=O)c3scnc3C)CC2)n[nH]c1=O. The first-order chi connectivity index (χ1) is 13.5. The molecule has 1 aliphatic rings. The summed E-state index contributed by atoms with van der Waals surface area (Å²) in [4.78, 5) is 31.8. The standard InChI is InChI=1S/C20H23N5O2S/c1-13-5-3-4-6-16(13)25-17(22-23-20(25)27)11-15-7-9-24(10-8-15)19(26)18-14(2)21-12-28-18/h3-6,12,15H,7-11H2,1-2H3,(H,23,27). The number of aromatic amines is 1. The number of hydrogen-bond donors (Lipinski definition) is 1. The molecule has 0 saturated carbocycles. The summed E-state index contributed by atoms with van der Waals surface area (Å²) in [5.74, 6) is 1.22. The van der Waals surface area contributed by atoms with E-state index in [1.807, 2.05) is 43.0 Å². The van der Waals surface area contributed by atoms with Crippen LogP contribution in [0, 0.1) is 19.8 Å². The summed E-state index contributed by atoms with van der Waals surface area (Å²) in [6, 6.07) is 7.82. The van der Waals surface area contributed by atoms with Crippen LogP contribution in [0.15, 0.2) is 34.6 Å². The van der Waals surface area contributed by atoms with Gasteiger partial charge in [-0.1, -0.05) is 18.2 Å². The first kappa shape index (κ1) is 18.6. The number of aromatic nitrogens is 4. The molecule has 0 aliphatic carbocycles. The van der Waals surface area contributed by atoms with Crippen LogP contribution >= 0.6 is 11.3 Å². The lowest BCUT2D eigenvalue weighted by atomic mass is 9.93. The number of H-pyrrole nitrogens is 1. The van der Waals surface area contributed by atoms with Gasteiger partial charge >= 0.3 is 5.69 Å². The first-order valence-corrected chi connectivity index (χ1v) is 10.3. The fraction of sp³-hybridized carbons (Fsp3) is 0.400. The highest BCUT2D eigenvalue weighted by Gasteiger charge is 2.27. The number of thiazole rings is 1. The van der Waals surface area contributed by atoms with E-state index in [9.17, 15) is 9.59 Å². The molecule has 1 amide bonds. The number of benzene rings is 1. The van der Waals surface area contributed by atoms with E-state index in [-0.39, 0.29) is 11.6 Å². The zero-order valence-corrected chi connectivity index (χ0v) is 16.8. The molecule has 146 valence electrons. The average molecular weight is 398 g/mol. The van der Waals surface area contributed by atoms with Gasteiger partial charge in [0.05, 0.1) is 16.9 Å². The van der Waals surface area contributed by atoms with Gasteiger partial charge in [0.1, 0.15) is 10.7 Å². The van der Waals surface area contributed by atoms with Gasteiger partial charge in [-0.15, -0.1) is 11.3 Å². The molecule has 0 bridgehead atoms. The van der Waals surface area contributed by atoms with Crippen LogP contribution in [0.5, 0.6) is 0 Å². The number of aryl methyl sites for hydroxylation is 2. The van der Waals surface area contributed by atoms with E-state index < -0.39 is 0 Å². The summed E-state index contributed by atoms with van der Waals surface area (Å²) in [7, 11) is 0. The van der Waals surface area contributed by atoms with Crippen molar-refractivity contribution < 1.29 is 4.79 Å². The molecule has 8 heteroatoms. The number of hydrogen-bond acceptors (Lipinski definition) is 5. The van der Waals surface area contributed by atoms with Crippen molar-refractivity contribution in [3.8, 4) is 5.69 Å². The molecule has 1 saturated heterocycles. The van der Waals surface area contributed by atoms with Crippen LogP contribution in [0.2, 0.25) is 0 Å². The monoisotopic (exact) mass is 397 g/mol. The molecule has 0 unspecified atom stereocenters. The summed E-state index contributed by atoms with van der Waals surface area (Å²) in [5.41, 5.74) is 4.21. The number of piperidine rings is 1. The minimum absolute atomic E-state index is 0.0787. The van der Waals surface area contributed by atoms with Crippen LogP contribution in [0.1, 0.15) is 39.6 Å². The predicted octanol–water partition coefficient (Wildman–Crippen LogP) is 2.73. The minimum Gasteiger partial charge on any atom is -0.338 e. The van der Waals surface area contributed by atoms with E-state index >= 15 is 0 Å². The van der Waals surface area contributed by atoms with Crippen LogP contribution in [0.3, 0.4) is 0 Å². The molecule has 0 atom stereocenters. The second-order valence-corrected chi connectivity index (χ2v) is 8.13. The van der Waals surface area contributed by atoms with Crippen molar-refractivity contribution in [2.75, 3.05) is 13.1 Å². The third kappa shape index (κ3) is 3.52. The Morgan fingerprint density at radius 2 is 2.00 bits per heavy atom. The van der Waals surface area contributed by atoms with Crippen LogP contribution < -0.4 is 5.69 Å². The summed E-state index contributed by atoms with van der Waals surface area (Å²) < 4.78 is 1.67. The molecule has 4 rings (SSSR count). The van der Waals surface area contributed by atoms with Crippen molar-refractivity contribution in [1.82, 2.24) is 24.6 Å². The van der Waals surface area contributed by atoms with Crippen LogP contribution in [0.4, 0.5) is 0 Å². The molecule has 3 aromatic rings. The number of para-hydroxylation sites is 1.